The second-order valence-corrected chi connectivity index (χ2v) is 4.95. The van der Waals surface area contributed by atoms with Gasteiger partial charge in [0.25, 0.3) is 5.56 Å². The second kappa shape index (κ2) is 5.28. The van der Waals surface area contributed by atoms with Crippen molar-refractivity contribution in [3.63, 3.8) is 0 Å². The molecule has 2 heterocycles. The van der Waals surface area contributed by atoms with Crippen LogP contribution in [0.3, 0.4) is 0 Å². The molecule has 96 valence electrons. The zero-order valence-electron chi connectivity index (χ0n) is 9.84. The lowest BCUT2D eigenvalue weighted by Crippen LogP contribution is -2.24. The van der Waals surface area contributed by atoms with Crippen LogP contribution in [0.1, 0.15) is 12.2 Å². The number of carboxylic acids is 1. The highest BCUT2D eigenvalue weighted by Gasteiger charge is 2.08. The van der Waals surface area contributed by atoms with Gasteiger partial charge in [0.2, 0.25) is 0 Å². The van der Waals surface area contributed by atoms with Crippen LogP contribution < -0.4 is 5.56 Å². The van der Waals surface area contributed by atoms with E-state index in [1.165, 1.54) is 11.3 Å². The van der Waals surface area contributed by atoms with Gasteiger partial charge in [0, 0.05) is 6.54 Å². The molecule has 7 heteroatoms. The minimum atomic E-state index is -0.836. The molecule has 18 heavy (non-hydrogen) atoms. The highest BCUT2D eigenvalue weighted by atomic mass is 32.1. The van der Waals surface area contributed by atoms with E-state index in [0.29, 0.717) is 29.1 Å². The van der Waals surface area contributed by atoms with E-state index >= 15 is 0 Å². The number of aromatic amines is 1. The maximum atomic E-state index is 11.7. The molecule has 2 aromatic rings. The number of nitrogens with one attached hydrogen (secondary N) is 1. The molecule has 0 atom stereocenters. The number of fused-ring (bicyclic) bond motifs is 1. The number of aromatic nitrogens is 2. The Hall–Kier alpha value is -1.73. The van der Waals surface area contributed by atoms with E-state index < -0.39 is 5.97 Å². The van der Waals surface area contributed by atoms with Crippen LogP contribution in [-0.4, -0.2) is 39.5 Å². The zero-order valence-corrected chi connectivity index (χ0v) is 10.7. The molecule has 2 rings (SSSR count). The van der Waals surface area contributed by atoms with Gasteiger partial charge < -0.3 is 10.1 Å². The lowest BCUT2D eigenvalue weighted by molar-refractivity contribution is -0.137. The molecule has 6 nitrogen and oxygen atoms in total. The predicted octanol–water partition coefficient (Wildman–Crippen LogP) is 0.891. The molecule has 0 unspecified atom stereocenters. The average Bonchev–Trinajstić information content (AvgIpc) is 2.75. The molecule has 0 saturated carbocycles. The van der Waals surface area contributed by atoms with Crippen LogP contribution in [0.15, 0.2) is 16.2 Å². The number of rotatable bonds is 5. The van der Waals surface area contributed by atoms with E-state index in [4.69, 9.17) is 5.11 Å². The van der Waals surface area contributed by atoms with Gasteiger partial charge in [0.1, 0.15) is 10.5 Å². The first-order valence-corrected chi connectivity index (χ1v) is 6.31. The van der Waals surface area contributed by atoms with Crippen molar-refractivity contribution in [2.45, 2.75) is 13.0 Å². The van der Waals surface area contributed by atoms with E-state index in [1.54, 1.807) is 13.1 Å². The van der Waals surface area contributed by atoms with Crippen LogP contribution in [-0.2, 0) is 11.3 Å². The summed E-state index contributed by atoms with van der Waals surface area (Å²) < 4.78 is 0.618. The first kappa shape index (κ1) is 12.7. The predicted molar refractivity (Wildman–Crippen MR) is 68.8 cm³/mol. The van der Waals surface area contributed by atoms with Crippen molar-refractivity contribution in [3.8, 4) is 0 Å². The third kappa shape index (κ3) is 2.93. The first-order valence-electron chi connectivity index (χ1n) is 5.43. The van der Waals surface area contributed by atoms with Gasteiger partial charge in [-0.1, -0.05) is 0 Å². The third-order valence-corrected chi connectivity index (χ3v) is 3.39. The van der Waals surface area contributed by atoms with Crippen LogP contribution in [0.5, 0.6) is 0 Å². The highest BCUT2D eigenvalue weighted by Crippen LogP contribution is 2.13. The first-order chi connectivity index (χ1) is 8.56. The van der Waals surface area contributed by atoms with Gasteiger partial charge in [-0.3, -0.25) is 14.5 Å². The van der Waals surface area contributed by atoms with Gasteiger partial charge in [-0.05, 0) is 18.5 Å². The van der Waals surface area contributed by atoms with Crippen molar-refractivity contribution in [2.75, 3.05) is 13.6 Å². The quantitative estimate of drug-likeness (QED) is 0.840. The van der Waals surface area contributed by atoms with Crippen molar-refractivity contribution in [1.29, 1.82) is 0 Å². The van der Waals surface area contributed by atoms with Crippen LogP contribution in [0, 0.1) is 0 Å². The topological polar surface area (TPSA) is 86.3 Å². The molecular formula is C11H13N3O3S. The molecule has 0 amide bonds. The van der Waals surface area contributed by atoms with Crippen molar-refractivity contribution in [2.24, 2.45) is 0 Å². The summed E-state index contributed by atoms with van der Waals surface area (Å²) in [6.07, 6.45) is 0.0709. The van der Waals surface area contributed by atoms with Crippen LogP contribution in [0.4, 0.5) is 0 Å². The third-order valence-electron chi connectivity index (χ3n) is 2.49. The molecule has 0 aliphatic carbocycles. The molecule has 0 aliphatic rings. The molecule has 0 radical (unpaired) electrons. The summed E-state index contributed by atoms with van der Waals surface area (Å²) in [6.45, 7) is 0.842. The van der Waals surface area contributed by atoms with Crippen molar-refractivity contribution < 1.29 is 9.90 Å². The molecule has 0 spiro atoms. The van der Waals surface area contributed by atoms with Crippen LogP contribution >= 0.6 is 11.3 Å². The van der Waals surface area contributed by atoms with Gasteiger partial charge in [-0.15, -0.1) is 11.3 Å². The van der Waals surface area contributed by atoms with Gasteiger partial charge in [0.15, 0.2) is 0 Å². The standard InChI is InChI=1S/C11H13N3O3S/c1-14(4-2-9(15)16)6-8-12-7-3-5-18-10(7)11(17)13-8/h3,5H,2,4,6H2,1H3,(H,15,16)(H,12,13,17). The Kier molecular flexibility index (Phi) is 3.73. The van der Waals surface area contributed by atoms with Gasteiger partial charge in [0.05, 0.1) is 18.5 Å². The lowest BCUT2D eigenvalue weighted by atomic mass is 10.4. The fraction of sp³-hybridized carbons (Fsp3) is 0.364. The minimum Gasteiger partial charge on any atom is -0.481 e. The van der Waals surface area contributed by atoms with E-state index in [0.717, 1.165) is 0 Å². The van der Waals surface area contributed by atoms with Crippen LogP contribution in [0.2, 0.25) is 0 Å². The monoisotopic (exact) mass is 267 g/mol. The number of carbonyl (C=O) groups is 1. The fourth-order valence-electron chi connectivity index (χ4n) is 1.62. The number of carboxylic acid groups (broad SMARTS) is 1. The Morgan fingerprint density at radius 2 is 2.39 bits per heavy atom. The Morgan fingerprint density at radius 1 is 1.61 bits per heavy atom. The smallest absolute Gasteiger partial charge is 0.304 e. The summed E-state index contributed by atoms with van der Waals surface area (Å²) in [5, 5.41) is 10.4. The maximum Gasteiger partial charge on any atom is 0.304 e. The summed E-state index contributed by atoms with van der Waals surface area (Å²) in [5.41, 5.74) is 0.544. The SMILES string of the molecule is CN(CCC(=O)O)Cc1nc2ccsc2c(=O)[nH]1. The number of thiophene rings is 1. The molecule has 0 saturated heterocycles. The normalized spacial score (nSPS) is 11.2. The Labute approximate surface area is 107 Å². The highest BCUT2D eigenvalue weighted by molar-refractivity contribution is 7.17. The lowest BCUT2D eigenvalue weighted by Gasteiger charge is -2.14. The molecule has 0 fully saturated rings. The van der Waals surface area contributed by atoms with Gasteiger partial charge >= 0.3 is 5.97 Å². The summed E-state index contributed by atoms with van der Waals surface area (Å²) >= 11 is 1.36. The van der Waals surface area contributed by atoms with Gasteiger partial charge in [-0.25, -0.2) is 4.98 Å². The summed E-state index contributed by atoms with van der Waals surface area (Å²) in [6, 6.07) is 1.80. The van der Waals surface area contributed by atoms with E-state index in [1.807, 2.05) is 10.3 Å². The number of hydrogen-bond acceptors (Lipinski definition) is 5. The second-order valence-electron chi connectivity index (χ2n) is 4.03. The largest absolute Gasteiger partial charge is 0.481 e. The average molecular weight is 267 g/mol. The fourth-order valence-corrected chi connectivity index (χ4v) is 2.34. The zero-order chi connectivity index (χ0) is 13.1. The summed E-state index contributed by atoms with van der Waals surface area (Å²) in [7, 11) is 1.79. The molecule has 0 aromatic carbocycles. The number of H-pyrrole nitrogens is 1. The van der Waals surface area contributed by atoms with Crippen molar-refractivity contribution in [3.05, 3.63) is 27.6 Å². The Balaban J connectivity index is 2.11. The molecular weight excluding hydrogens is 254 g/mol. The molecule has 0 bridgehead atoms. The van der Waals surface area contributed by atoms with E-state index in [9.17, 15) is 9.59 Å². The van der Waals surface area contributed by atoms with Crippen LogP contribution in [0.25, 0.3) is 10.2 Å². The Morgan fingerprint density at radius 3 is 3.11 bits per heavy atom. The van der Waals surface area contributed by atoms with Gasteiger partial charge in [-0.2, -0.15) is 0 Å². The minimum absolute atomic E-state index is 0.0709. The van der Waals surface area contributed by atoms with E-state index in [2.05, 4.69) is 9.97 Å². The van der Waals surface area contributed by atoms with Crippen molar-refractivity contribution >= 4 is 27.5 Å². The number of nitrogens with zero attached hydrogens (tertiary/aromatic N) is 2. The molecule has 0 aliphatic heterocycles. The number of aliphatic carboxylic acids is 1. The maximum absolute atomic E-state index is 11.7. The Bertz CT molecular complexity index is 619. The van der Waals surface area contributed by atoms with Crippen molar-refractivity contribution in [1.82, 2.24) is 14.9 Å². The number of hydrogen-bond donors (Lipinski definition) is 2. The molecule has 2 N–H and O–H groups in total. The summed E-state index contributed by atoms with van der Waals surface area (Å²) in [5.74, 6) is -0.282. The molecule has 2 aromatic heterocycles. The summed E-state index contributed by atoms with van der Waals surface area (Å²) in [4.78, 5) is 31.0. The van der Waals surface area contributed by atoms with E-state index in [-0.39, 0.29) is 12.0 Å².